The molecule has 5 heteroatoms. The van der Waals surface area contributed by atoms with E-state index < -0.39 is 0 Å². The van der Waals surface area contributed by atoms with E-state index in [1.54, 1.807) is 20.3 Å². The molecule has 0 saturated heterocycles. The molecule has 0 unspecified atom stereocenters. The summed E-state index contributed by atoms with van der Waals surface area (Å²) in [5.41, 5.74) is 1.68. The van der Waals surface area contributed by atoms with Gasteiger partial charge in [0.1, 0.15) is 11.5 Å². The number of carbonyl (C=O) groups excluding carboxylic acids is 1. The van der Waals surface area contributed by atoms with Crippen LogP contribution in [0.5, 0.6) is 11.5 Å². The Labute approximate surface area is 157 Å². The Balaban J connectivity index is 2.15. The molecule has 0 saturated carbocycles. The number of nitrogens with zero attached hydrogens (tertiary/aromatic N) is 1. The van der Waals surface area contributed by atoms with Gasteiger partial charge in [-0.05, 0) is 18.2 Å². The Morgan fingerprint density at radius 1 is 1.20 bits per heavy atom. The smallest absolute Gasteiger partial charge is 0.176 e. The fourth-order valence-electron chi connectivity index (χ4n) is 2.55. The van der Waals surface area contributed by atoms with Gasteiger partial charge in [-0.25, -0.2) is 0 Å². The molecule has 2 aromatic rings. The summed E-state index contributed by atoms with van der Waals surface area (Å²) in [5, 5.41) is 0. The molecule has 132 valence electrons. The summed E-state index contributed by atoms with van der Waals surface area (Å²) >= 11 is 3.40. The second-order valence-electron chi connectivity index (χ2n) is 5.57. The topological polar surface area (TPSA) is 38.8 Å². The summed E-state index contributed by atoms with van der Waals surface area (Å²) in [7, 11) is 3.25. The van der Waals surface area contributed by atoms with Crippen molar-refractivity contribution in [1.29, 1.82) is 0 Å². The van der Waals surface area contributed by atoms with E-state index in [1.807, 2.05) is 47.4 Å². The highest BCUT2D eigenvalue weighted by Crippen LogP contribution is 2.26. The lowest BCUT2D eigenvalue weighted by molar-refractivity contribution is 0.0933. The number of carbonyl (C=O) groups is 1. The van der Waals surface area contributed by atoms with Crippen LogP contribution < -0.4 is 9.47 Å². The molecule has 0 aliphatic heterocycles. The number of benzene rings is 2. The third-order valence-electron chi connectivity index (χ3n) is 3.79. The van der Waals surface area contributed by atoms with E-state index in [0.717, 1.165) is 21.5 Å². The van der Waals surface area contributed by atoms with Crippen LogP contribution in [0.1, 0.15) is 15.9 Å². The minimum atomic E-state index is 0.0654. The maximum atomic E-state index is 12.6. The number of ether oxygens (including phenoxy) is 2. The Hall–Kier alpha value is -2.11. The van der Waals surface area contributed by atoms with Crippen LogP contribution in [0.4, 0.5) is 0 Å². The monoisotopic (exact) mass is 403 g/mol. The summed E-state index contributed by atoms with van der Waals surface area (Å²) in [6.07, 6.45) is 1.80. The Kier molecular flexibility index (Phi) is 7.22. The van der Waals surface area contributed by atoms with Crippen LogP contribution in [0.25, 0.3) is 0 Å². The molecule has 0 bridgehead atoms. The van der Waals surface area contributed by atoms with Crippen molar-refractivity contribution in [1.82, 2.24) is 4.90 Å². The molecule has 2 aromatic carbocycles. The second kappa shape index (κ2) is 9.39. The first-order valence-corrected chi connectivity index (χ1v) is 8.69. The predicted molar refractivity (Wildman–Crippen MR) is 103 cm³/mol. The highest BCUT2D eigenvalue weighted by Gasteiger charge is 2.15. The normalized spacial score (nSPS) is 10.6. The molecule has 0 spiro atoms. The van der Waals surface area contributed by atoms with E-state index in [-0.39, 0.29) is 5.78 Å². The van der Waals surface area contributed by atoms with Gasteiger partial charge in [-0.1, -0.05) is 40.2 Å². The quantitative estimate of drug-likeness (QED) is 0.461. The summed E-state index contributed by atoms with van der Waals surface area (Å²) in [4.78, 5) is 14.6. The van der Waals surface area contributed by atoms with Gasteiger partial charge >= 0.3 is 0 Å². The molecular weight excluding hydrogens is 382 g/mol. The van der Waals surface area contributed by atoms with Crippen molar-refractivity contribution in [2.24, 2.45) is 0 Å². The van der Waals surface area contributed by atoms with E-state index in [1.165, 1.54) is 0 Å². The molecule has 0 atom stereocenters. The highest BCUT2D eigenvalue weighted by molar-refractivity contribution is 9.10. The van der Waals surface area contributed by atoms with Crippen LogP contribution in [-0.4, -0.2) is 38.0 Å². The molecule has 0 N–H and O–H groups in total. The number of rotatable bonds is 9. The first-order valence-electron chi connectivity index (χ1n) is 7.90. The first kappa shape index (κ1) is 19.2. The molecule has 0 heterocycles. The number of hydrogen-bond donors (Lipinski definition) is 0. The van der Waals surface area contributed by atoms with Crippen LogP contribution in [0, 0.1) is 0 Å². The zero-order valence-electron chi connectivity index (χ0n) is 14.5. The van der Waals surface area contributed by atoms with Crippen molar-refractivity contribution in [2.45, 2.75) is 6.54 Å². The van der Waals surface area contributed by atoms with Gasteiger partial charge < -0.3 is 9.47 Å². The fraction of sp³-hybridized carbons (Fsp3) is 0.250. The van der Waals surface area contributed by atoms with Crippen molar-refractivity contribution in [3.8, 4) is 11.5 Å². The average molecular weight is 404 g/mol. The summed E-state index contributed by atoms with van der Waals surface area (Å²) < 4.78 is 11.6. The van der Waals surface area contributed by atoms with E-state index in [2.05, 4.69) is 22.5 Å². The lowest BCUT2D eigenvalue weighted by atomic mass is 10.1. The third-order valence-corrected chi connectivity index (χ3v) is 4.28. The maximum absolute atomic E-state index is 12.6. The van der Waals surface area contributed by atoms with Gasteiger partial charge in [-0.3, -0.25) is 9.69 Å². The van der Waals surface area contributed by atoms with Gasteiger partial charge in [0.25, 0.3) is 0 Å². The van der Waals surface area contributed by atoms with E-state index in [4.69, 9.17) is 9.47 Å². The summed E-state index contributed by atoms with van der Waals surface area (Å²) in [5.74, 6) is 1.54. The SMILES string of the molecule is C=CCN(CC(=O)c1cccc(Br)c1)Cc1ccc(OC)cc1OC. The minimum Gasteiger partial charge on any atom is -0.497 e. The van der Waals surface area contributed by atoms with Gasteiger partial charge in [-0.2, -0.15) is 0 Å². The highest BCUT2D eigenvalue weighted by atomic mass is 79.9. The maximum Gasteiger partial charge on any atom is 0.176 e. The number of hydrogen-bond acceptors (Lipinski definition) is 4. The molecular formula is C20H22BrNO3. The molecule has 0 fully saturated rings. The molecule has 0 radical (unpaired) electrons. The number of methoxy groups -OCH3 is 2. The molecule has 2 rings (SSSR count). The molecule has 0 aromatic heterocycles. The van der Waals surface area contributed by atoms with E-state index in [0.29, 0.717) is 25.2 Å². The number of Topliss-reactive ketones (excluding diaryl/α,β-unsaturated/α-hetero) is 1. The van der Waals surface area contributed by atoms with Crippen molar-refractivity contribution in [2.75, 3.05) is 27.3 Å². The minimum absolute atomic E-state index is 0.0654. The van der Waals surface area contributed by atoms with Crippen molar-refractivity contribution >= 4 is 21.7 Å². The zero-order valence-corrected chi connectivity index (χ0v) is 16.1. The Bertz CT molecular complexity index is 745. The van der Waals surface area contributed by atoms with Crippen molar-refractivity contribution in [3.05, 3.63) is 70.7 Å². The van der Waals surface area contributed by atoms with Crippen LogP contribution in [0.3, 0.4) is 0 Å². The number of ketones is 1. The molecule has 0 aliphatic rings. The van der Waals surface area contributed by atoms with Crippen LogP contribution >= 0.6 is 15.9 Å². The van der Waals surface area contributed by atoms with Crippen LogP contribution in [-0.2, 0) is 6.54 Å². The Morgan fingerprint density at radius 3 is 2.64 bits per heavy atom. The number of halogens is 1. The lowest BCUT2D eigenvalue weighted by Gasteiger charge is -2.21. The van der Waals surface area contributed by atoms with E-state index in [9.17, 15) is 4.79 Å². The van der Waals surface area contributed by atoms with E-state index >= 15 is 0 Å². The van der Waals surface area contributed by atoms with Gasteiger partial charge in [0.2, 0.25) is 0 Å². The second-order valence-corrected chi connectivity index (χ2v) is 6.49. The summed E-state index contributed by atoms with van der Waals surface area (Å²) in [6, 6.07) is 13.1. The fourth-order valence-corrected chi connectivity index (χ4v) is 2.95. The lowest BCUT2D eigenvalue weighted by Crippen LogP contribution is -2.30. The molecule has 0 amide bonds. The summed E-state index contributed by atoms with van der Waals surface area (Å²) in [6.45, 7) is 5.29. The molecule has 0 aliphatic carbocycles. The largest absolute Gasteiger partial charge is 0.497 e. The Morgan fingerprint density at radius 2 is 2.00 bits per heavy atom. The van der Waals surface area contributed by atoms with Gasteiger partial charge in [0.05, 0.1) is 20.8 Å². The standard InChI is InChI=1S/C20H22BrNO3/c1-4-10-22(14-19(23)15-6-5-7-17(21)11-15)13-16-8-9-18(24-2)12-20(16)25-3/h4-9,11-12H,1,10,13-14H2,2-3H3. The predicted octanol–water partition coefficient (Wildman–Crippen LogP) is 4.34. The average Bonchev–Trinajstić information content (AvgIpc) is 2.62. The zero-order chi connectivity index (χ0) is 18.2. The van der Waals surface area contributed by atoms with Crippen LogP contribution in [0.15, 0.2) is 59.6 Å². The van der Waals surface area contributed by atoms with Crippen molar-refractivity contribution < 1.29 is 14.3 Å². The van der Waals surface area contributed by atoms with Crippen molar-refractivity contribution in [3.63, 3.8) is 0 Å². The van der Waals surface area contributed by atoms with Crippen LogP contribution in [0.2, 0.25) is 0 Å². The van der Waals surface area contributed by atoms with Gasteiger partial charge in [-0.15, -0.1) is 6.58 Å². The first-order chi connectivity index (χ1) is 12.1. The van der Waals surface area contributed by atoms with Gasteiger partial charge in [0, 0.05) is 34.8 Å². The molecule has 25 heavy (non-hydrogen) atoms. The molecule has 4 nitrogen and oxygen atoms in total. The van der Waals surface area contributed by atoms with Gasteiger partial charge in [0.15, 0.2) is 5.78 Å². The third kappa shape index (κ3) is 5.44.